The highest BCUT2D eigenvalue weighted by Crippen LogP contribution is 2.48. The molecule has 5 fully saturated rings. The predicted octanol–water partition coefficient (Wildman–Crippen LogP) is 8.23. The number of alkyl carbamates (subject to hydrolysis) is 2. The van der Waals surface area contributed by atoms with Gasteiger partial charge in [-0.05, 0) is 142 Å². The highest BCUT2D eigenvalue weighted by Gasteiger charge is 2.63. The van der Waals surface area contributed by atoms with Crippen LogP contribution in [-0.2, 0) is 57.1 Å². The predicted molar refractivity (Wildman–Crippen MR) is 331 cm³/mol. The molecule has 7 rings (SSSR count). The second-order valence-corrected chi connectivity index (χ2v) is 41.5. The van der Waals surface area contributed by atoms with E-state index in [0.717, 1.165) is 38.5 Å². The minimum absolute atomic E-state index is 0.0717. The van der Waals surface area contributed by atoms with Crippen molar-refractivity contribution in [1.29, 1.82) is 0 Å². The van der Waals surface area contributed by atoms with Crippen molar-refractivity contribution < 1.29 is 70.2 Å². The number of allylic oxidation sites excluding steroid dienone is 2. The summed E-state index contributed by atoms with van der Waals surface area (Å²) in [5.41, 5.74) is -4.30. The van der Waals surface area contributed by atoms with Gasteiger partial charge in [-0.3, -0.25) is 28.7 Å². The van der Waals surface area contributed by atoms with Gasteiger partial charge in [-0.1, -0.05) is 91.5 Å². The molecule has 486 valence electrons. The molecule has 10 unspecified atom stereocenters. The van der Waals surface area contributed by atoms with Crippen LogP contribution in [0.25, 0.3) is 0 Å². The fourth-order valence-electron chi connectivity index (χ4n) is 11.1. The van der Waals surface area contributed by atoms with E-state index < -0.39 is 126 Å². The Morgan fingerprint density at radius 3 is 1.35 bits per heavy atom. The normalized spacial score (nSPS) is 30.1. The number of hydrogen-bond donors (Lipinski definition) is 6. The lowest BCUT2D eigenvalue weighted by Crippen LogP contribution is -2.58. The highest BCUT2D eigenvalue weighted by atomic mass is 32.2. The van der Waals surface area contributed by atoms with Crippen LogP contribution in [0.4, 0.5) is 9.59 Å². The van der Waals surface area contributed by atoms with Gasteiger partial charge in [-0.15, -0.1) is 0 Å². The molecule has 2 saturated heterocycles. The number of ether oxygens (including phenoxy) is 2. The maximum atomic E-state index is 14.3. The molecule has 86 heavy (non-hydrogen) atoms. The summed E-state index contributed by atoms with van der Waals surface area (Å²) in [6.07, 6.45) is 14.6. The Bertz CT molecular complexity index is 2710. The van der Waals surface area contributed by atoms with E-state index in [1.165, 1.54) is 9.80 Å². The van der Waals surface area contributed by atoms with E-state index >= 15 is 0 Å². The molecule has 0 aromatic carbocycles. The lowest BCUT2D eigenvalue weighted by atomic mass is 10.0. The fraction of sp³-hybridized carbons (Fsp3) is 0.803. The fourth-order valence-corrected chi connectivity index (χ4v) is 15.2. The van der Waals surface area contributed by atoms with Gasteiger partial charge in [-0.2, -0.15) is 0 Å². The van der Waals surface area contributed by atoms with Crippen LogP contribution < -0.4 is 26.0 Å². The molecule has 6 N–H and O–H groups in total. The van der Waals surface area contributed by atoms with Crippen LogP contribution in [0.5, 0.6) is 0 Å². The molecule has 0 aromatic rings. The van der Waals surface area contributed by atoms with Crippen LogP contribution >= 0.6 is 0 Å². The van der Waals surface area contributed by atoms with Crippen molar-refractivity contribution in [2.24, 2.45) is 11.8 Å². The number of nitrogens with one attached hydrogen (secondary N) is 5. The molecular formula is C61H103N7O15SSi2. The Hall–Kier alpha value is -4.86. The monoisotopic (exact) mass is 1260 g/mol. The molecule has 0 radical (unpaired) electrons. The molecule has 3 aliphatic carbocycles. The minimum atomic E-state index is -3.84. The van der Waals surface area contributed by atoms with E-state index in [4.69, 9.17) is 18.3 Å². The largest absolute Gasteiger partial charge is 0.479 e. The molecule has 25 heteroatoms. The van der Waals surface area contributed by atoms with Crippen molar-refractivity contribution in [2.75, 3.05) is 13.1 Å². The van der Waals surface area contributed by atoms with Crippen LogP contribution in [-0.4, -0.2) is 165 Å². The van der Waals surface area contributed by atoms with E-state index in [1.807, 2.05) is 24.3 Å². The quantitative estimate of drug-likeness (QED) is 0.0887. The second-order valence-electron chi connectivity index (χ2n) is 30.0. The number of fused-ring (bicyclic) bond motifs is 4. The molecule has 10 atom stereocenters. The Balaban J connectivity index is 0.000000278. The Labute approximate surface area is 513 Å². The van der Waals surface area contributed by atoms with Crippen molar-refractivity contribution >= 4 is 74.3 Å². The third-order valence-electron chi connectivity index (χ3n) is 18.4. The van der Waals surface area contributed by atoms with E-state index in [0.29, 0.717) is 44.9 Å². The van der Waals surface area contributed by atoms with Crippen molar-refractivity contribution in [1.82, 2.24) is 35.8 Å². The summed E-state index contributed by atoms with van der Waals surface area (Å²) in [5.74, 6) is -4.32. The van der Waals surface area contributed by atoms with Crippen LogP contribution in [0.15, 0.2) is 24.3 Å². The van der Waals surface area contributed by atoms with E-state index in [1.54, 1.807) is 41.5 Å². The average Bonchev–Trinajstić information content (AvgIpc) is 1.61. The van der Waals surface area contributed by atoms with Gasteiger partial charge < -0.3 is 54.5 Å². The van der Waals surface area contributed by atoms with Gasteiger partial charge in [0.1, 0.15) is 46.4 Å². The first kappa shape index (κ1) is 70.2. The summed E-state index contributed by atoms with van der Waals surface area (Å²) < 4.78 is 51.8. The van der Waals surface area contributed by atoms with Crippen LogP contribution in [0.3, 0.4) is 0 Å². The number of aliphatic carboxylic acids is 1. The topological polar surface area (TPSA) is 294 Å². The number of hydrogen-bond acceptors (Lipinski definition) is 14. The molecule has 0 bridgehead atoms. The Morgan fingerprint density at radius 2 is 0.977 bits per heavy atom. The first-order chi connectivity index (χ1) is 39.5. The molecule has 4 heterocycles. The SMILES string of the molecule is CC(C)(C)OC(=O)NC1CCCCCC=CC2CC2(C(=O)NS(=O)(=O)C2CC2)NC(=O)C2CC(O[Si](C)(C)C(C)(C)C)CN2C1=O.CC(C)(C)OC(=O)NC1CCCCCC=CC2CC2(C(=O)O)NC(=O)C2CC(O[Si](C)(C)C(C)(C)C)CN2C1=O. The third kappa shape index (κ3) is 18.2. The van der Waals surface area contributed by atoms with Gasteiger partial charge in [-0.25, -0.2) is 22.8 Å². The van der Waals surface area contributed by atoms with Gasteiger partial charge in [0.05, 0.1) is 17.5 Å². The summed E-state index contributed by atoms with van der Waals surface area (Å²) in [7, 11) is -8.37. The third-order valence-corrected chi connectivity index (χ3v) is 29.3. The van der Waals surface area contributed by atoms with Gasteiger partial charge >= 0.3 is 18.2 Å². The zero-order valence-corrected chi connectivity index (χ0v) is 57.0. The van der Waals surface area contributed by atoms with Crippen LogP contribution in [0.1, 0.15) is 186 Å². The number of carboxylic acid groups (broad SMARTS) is 1. The second kappa shape index (κ2) is 26.7. The van der Waals surface area contributed by atoms with Crippen LogP contribution in [0, 0.1) is 11.8 Å². The van der Waals surface area contributed by atoms with Crippen molar-refractivity contribution in [3.05, 3.63) is 24.3 Å². The Morgan fingerprint density at radius 1 is 0.593 bits per heavy atom. The van der Waals surface area contributed by atoms with Gasteiger partial charge in [0, 0.05) is 37.8 Å². The van der Waals surface area contributed by atoms with Crippen LogP contribution in [0.2, 0.25) is 36.3 Å². The van der Waals surface area contributed by atoms with Gasteiger partial charge in [0.2, 0.25) is 33.7 Å². The highest BCUT2D eigenvalue weighted by molar-refractivity contribution is 7.91. The maximum absolute atomic E-state index is 14.3. The van der Waals surface area contributed by atoms with E-state index in [9.17, 15) is 51.9 Å². The number of carbonyl (C=O) groups is 8. The molecule has 22 nitrogen and oxygen atoms in total. The summed E-state index contributed by atoms with van der Waals surface area (Å²) in [6.45, 7) is 32.0. The molecule has 7 aliphatic rings. The minimum Gasteiger partial charge on any atom is -0.479 e. The maximum Gasteiger partial charge on any atom is 0.408 e. The number of amides is 7. The van der Waals surface area contributed by atoms with Gasteiger partial charge in [0.15, 0.2) is 16.6 Å². The first-order valence-corrected chi connectivity index (χ1v) is 38.6. The molecule has 3 saturated carbocycles. The number of nitrogens with zero attached hydrogens (tertiary/aromatic N) is 2. The molecular weight excluding hydrogens is 1160 g/mol. The lowest BCUT2D eigenvalue weighted by molar-refractivity contribution is -0.145. The Kier molecular flexibility index (Phi) is 21.8. The summed E-state index contributed by atoms with van der Waals surface area (Å²) in [5, 5.41) is 20.4. The van der Waals surface area contributed by atoms with Crippen molar-refractivity contribution in [3.63, 3.8) is 0 Å². The zero-order valence-electron chi connectivity index (χ0n) is 54.2. The zero-order chi connectivity index (χ0) is 64.4. The molecule has 0 spiro atoms. The number of carbonyl (C=O) groups excluding carboxylic acids is 7. The van der Waals surface area contributed by atoms with Crippen molar-refractivity contribution in [2.45, 2.75) is 286 Å². The standard InChI is InChI=1S/C32H54N4O8SSi.C29H49N3O7Si/c1-30(2,3)43-29(40)33-24-15-13-11-9-10-12-14-21-19-32(21,28(39)35-45(41,42)23-16-17-23)34-26(37)25-18-22(20-36(25)27(24)38)44-46(7,8)31(4,5)6;1-27(2,3)38-26(37)30-21-15-13-11-9-10-12-14-19-17-29(19,25(35)36)31-23(33)22-16-20(18-32(22)24(21)34)39-40(7,8)28(4,5)6/h12,14,21-25H,9-11,13,15-20H2,1-8H3,(H,33,40)(H,34,37)(H,35,39);12,14,19-22H,9-11,13,15-18H2,1-8H3,(H,30,37)(H,31,33)(H,35,36). The van der Waals surface area contributed by atoms with Crippen molar-refractivity contribution in [3.8, 4) is 0 Å². The van der Waals surface area contributed by atoms with Gasteiger partial charge in [0.25, 0.3) is 5.91 Å². The number of sulfonamides is 1. The molecule has 0 aromatic heterocycles. The smallest absolute Gasteiger partial charge is 0.408 e. The van der Waals surface area contributed by atoms with E-state index in [-0.39, 0.29) is 66.3 Å². The summed E-state index contributed by atoms with van der Waals surface area (Å²) >= 11 is 0. The number of rotatable bonds is 10. The van der Waals surface area contributed by atoms with E-state index in [2.05, 4.69) is 93.7 Å². The lowest BCUT2D eigenvalue weighted by Gasteiger charge is -2.38. The summed E-state index contributed by atoms with van der Waals surface area (Å²) in [4.78, 5) is 110. The average molecular weight is 1260 g/mol. The first-order valence-electron chi connectivity index (χ1n) is 31.2. The molecule has 7 amide bonds. The number of carboxylic acids is 1. The summed E-state index contributed by atoms with van der Waals surface area (Å²) in [6, 6.07) is -3.69. The molecule has 4 aliphatic heterocycles.